The van der Waals surface area contributed by atoms with Crippen molar-refractivity contribution in [2.24, 2.45) is 11.8 Å². The molecule has 0 aliphatic carbocycles. The van der Waals surface area contributed by atoms with Crippen LogP contribution in [-0.4, -0.2) is 21.3 Å². The minimum Gasteiger partial charge on any atom is -0.168 e. The second-order valence-electron chi connectivity index (χ2n) is 7.19. The highest BCUT2D eigenvalue weighted by Crippen LogP contribution is 2.33. The molecule has 4 heteroatoms. The lowest BCUT2D eigenvalue weighted by atomic mass is 10.2. The first kappa shape index (κ1) is 22.3. The Bertz CT molecular complexity index is 213. The summed E-state index contributed by atoms with van der Waals surface area (Å²) in [5.74, 6) is 2.38. The molecule has 1 fully saturated rings. The first-order valence-electron chi connectivity index (χ1n) is 7.80. The average Bonchev–Trinajstić information content (AvgIpc) is 2.58. The van der Waals surface area contributed by atoms with Crippen molar-refractivity contribution in [2.45, 2.75) is 78.4 Å². The summed E-state index contributed by atoms with van der Waals surface area (Å²) in [5.41, 5.74) is 0. The van der Waals surface area contributed by atoms with E-state index < -0.39 is 15.5 Å². The first-order valence-corrected chi connectivity index (χ1v) is 16.0. The van der Waals surface area contributed by atoms with Crippen LogP contribution < -0.4 is 0 Å². The summed E-state index contributed by atoms with van der Waals surface area (Å²) in [6.07, 6.45) is 1.51. The molecule has 1 saturated heterocycles. The second kappa shape index (κ2) is 10.7. The van der Waals surface area contributed by atoms with E-state index in [0.717, 1.165) is 17.8 Å². The molecule has 2 unspecified atom stereocenters. The molecule has 1 aliphatic heterocycles. The van der Waals surface area contributed by atoms with Gasteiger partial charge in [-0.1, -0.05) is 72.4 Å². The van der Waals surface area contributed by atoms with E-state index in [1.165, 1.54) is 6.42 Å². The van der Waals surface area contributed by atoms with Crippen LogP contribution in [0.1, 0.15) is 34.1 Å². The van der Waals surface area contributed by atoms with Crippen LogP contribution in [0.4, 0.5) is 0 Å². The van der Waals surface area contributed by atoms with Crippen LogP contribution in [0, 0.1) is 11.8 Å². The summed E-state index contributed by atoms with van der Waals surface area (Å²) in [5, 5.41) is 0. The van der Waals surface area contributed by atoms with Gasteiger partial charge in [-0.15, -0.1) is 11.6 Å². The SMILES string of the molecule is CC.CC(CCl)C[Si](C)(C)Cl.CC1CC[Si](C)(C)C1. The molecule has 0 aromatic heterocycles. The fraction of sp³-hybridized carbons (Fsp3) is 1.00. The van der Waals surface area contributed by atoms with Crippen molar-refractivity contribution in [3.63, 3.8) is 0 Å². The number of hydrogen-bond donors (Lipinski definition) is 0. The van der Waals surface area contributed by atoms with Gasteiger partial charge in [-0.05, 0) is 17.9 Å². The Labute approximate surface area is 134 Å². The summed E-state index contributed by atoms with van der Waals surface area (Å²) < 4.78 is 0. The van der Waals surface area contributed by atoms with Crippen LogP contribution in [0.3, 0.4) is 0 Å². The topological polar surface area (TPSA) is 0 Å². The molecule has 0 amide bonds. The van der Waals surface area contributed by atoms with Crippen LogP contribution in [0.15, 0.2) is 0 Å². The van der Waals surface area contributed by atoms with Gasteiger partial charge in [0.05, 0.1) is 0 Å². The number of halogens is 2. The molecular weight excluding hydrogens is 307 g/mol. The van der Waals surface area contributed by atoms with E-state index in [1.54, 1.807) is 12.1 Å². The van der Waals surface area contributed by atoms with Crippen molar-refractivity contribution in [3.8, 4) is 0 Å². The van der Waals surface area contributed by atoms with E-state index in [1.807, 2.05) is 13.8 Å². The van der Waals surface area contributed by atoms with Crippen LogP contribution in [0.25, 0.3) is 0 Å². The largest absolute Gasteiger partial charge is 0.168 e. The molecule has 0 N–H and O–H groups in total. The molecule has 1 heterocycles. The third-order valence-corrected chi connectivity index (χ3v) is 9.41. The molecular formula is C15H36Cl2Si2. The molecule has 1 aliphatic rings. The Kier molecular flexibility index (Phi) is 12.6. The maximum absolute atomic E-state index is 6.09. The van der Waals surface area contributed by atoms with E-state index in [0.29, 0.717) is 5.92 Å². The van der Waals surface area contributed by atoms with Gasteiger partial charge >= 0.3 is 0 Å². The lowest BCUT2D eigenvalue weighted by molar-refractivity contribution is 0.658. The fourth-order valence-corrected chi connectivity index (χ4v) is 9.12. The first-order chi connectivity index (χ1) is 8.56. The van der Waals surface area contributed by atoms with Gasteiger partial charge in [-0.3, -0.25) is 0 Å². The van der Waals surface area contributed by atoms with Crippen molar-refractivity contribution in [1.29, 1.82) is 0 Å². The molecule has 0 radical (unpaired) electrons. The van der Waals surface area contributed by atoms with Crippen molar-refractivity contribution in [1.82, 2.24) is 0 Å². The maximum atomic E-state index is 6.09. The summed E-state index contributed by atoms with van der Waals surface area (Å²) in [6.45, 7) is 17.9. The van der Waals surface area contributed by atoms with Crippen LogP contribution in [0.2, 0.25) is 44.3 Å². The van der Waals surface area contributed by atoms with Gasteiger partial charge in [0, 0.05) is 14.0 Å². The fourth-order valence-electron chi connectivity index (χ4n) is 2.67. The zero-order valence-electron chi connectivity index (χ0n) is 14.4. The lowest BCUT2D eigenvalue weighted by Gasteiger charge is -2.16. The van der Waals surface area contributed by atoms with Gasteiger partial charge in [0.25, 0.3) is 0 Å². The molecule has 2 atom stereocenters. The van der Waals surface area contributed by atoms with Gasteiger partial charge in [0.15, 0.2) is 7.38 Å². The van der Waals surface area contributed by atoms with Crippen molar-refractivity contribution >= 4 is 38.1 Å². The quantitative estimate of drug-likeness (QED) is 0.292. The van der Waals surface area contributed by atoms with Gasteiger partial charge in [-0.2, -0.15) is 11.1 Å². The molecule has 1 rings (SSSR count). The smallest absolute Gasteiger partial charge is 0.150 e. The molecule has 19 heavy (non-hydrogen) atoms. The second-order valence-corrected chi connectivity index (χ2v) is 19.7. The normalized spacial score (nSPS) is 22.7. The highest BCUT2D eigenvalue weighted by atomic mass is 35.6. The summed E-state index contributed by atoms with van der Waals surface area (Å²) in [7, 11) is -1.96. The Hall–Kier alpha value is 1.01. The third-order valence-electron chi connectivity index (χ3n) is 3.31. The minimum absolute atomic E-state index is 0.589. The van der Waals surface area contributed by atoms with Crippen molar-refractivity contribution < 1.29 is 0 Å². The van der Waals surface area contributed by atoms with E-state index >= 15 is 0 Å². The average molecular weight is 344 g/mol. The molecule has 0 saturated carbocycles. The molecule has 0 spiro atoms. The number of rotatable bonds is 3. The van der Waals surface area contributed by atoms with Crippen LogP contribution in [0.5, 0.6) is 0 Å². The number of hydrogen-bond acceptors (Lipinski definition) is 0. The molecule has 0 aromatic carbocycles. The summed E-state index contributed by atoms with van der Waals surface area (Å²) in [6, 6.07) is 4.28. The maximum Gasteiger partial charge on any atom is 0.150 e. The minimum atomic E-state index is -1.35. The predicted octanol–water partition coefficient (Wildman–Crippen LogP) is 7.07. The third kappa shape index (κ3) is 15.2. The molecule has 0 bridgehead atoms. The van der Waals surface area contributed by atoms with Gasteiger partial charge in [-0.25, -0.2) is 0 Å². The van der Waals surface area contributed by atoms with Crippen LogP contribution >= 0.6 is 22.7 Å². The van der Waals surface area contributed by atoms with E-state index in [9.17, 15) is 0 Å². The van der Waals surface area contributed by atoms with E-state index in [2.05, 4.69) is 40.0 Å². The Morgan fingerprint density at radius 1 is 1.26 bits per heavy atom. The zero-order chi connectivity index (χ0) is 15.7. The Balaban J connectivity index is 0. The zero-order valence-corrected chi connectivity index (χ0v) is 18.0. The predicted molar refractivity (Wildman–Crippen MR) is 100 cm³/mol. The Morgan fingerprint density at radius 2 is 1.74 bits per heavy atom. The molecule has 118 valence electrons. The van der Waals surface area contributed by atoms with Crippen molar-refractivity contribution in [2.75, 3.05) is 5.88 Å². The highest BCUT2D eigenvalue weighted by Gasteiger charge is 2.29. The molecule has 0 aromatic rings. The van der Waals surface area contributed by atoms with Gasteiger partial charge in [0.2, 0.25) is 0 Å². The lowest BCUT2D eigenvalue weighted by Crippen LogP contribution is -2.20. The van der Waals surface area contributed by atoms with E-state index in [-0.39, 0.29) is 0 Å². The monoisotopic (exact) mass is 342 g/mol. The summed E-state index contributed by atoms with van der Waals surface area (Å²) in [4.78, 5) is 0. The van der Waals surface area contributed by atoms with Crippen LogP contribution in [-0.2, 0) is 0 Å². The van der Waals surface area contributed by atoms with Gasteiger partial charge < -0.3 is 0 Å². The van der Waals surface area contributed by atoms with E-state index in [4.69, 9.17) is 22.7 Å². The van der Waals surface area contributed by atoms with Gasteiger partial charge in [0.1, 0.15) is 0 Å². The van der Waals surface area contributed by atoms with Crippen molar-refractivity contribution in [3.05, 3.63) is 0 Å². The highest BCUT2D eigenvalue weighted by molar-refractivity contribution is 7.19. The Morgan fingerprint density at radius 3 is 1.84 bits per heavy atom. The number of alkyl halides is 1. The molecule has 0 nitrogen and oxygen atoms in total. The standard InChI is InChI=1S/C7H16Si.C6H14Cl2Si.C2H6/c1-7-4-5-8(2,3)6-7;1-6(4-7)5-9(2,3)8;1-2/h7H,4-6H2,1-3H3;6H,4-5H2,1-3H3;1-2H3. The summed E-state index contributed by atoms with van der Waals surface area (Å²) >= 11 is 11.7.